The molecule has 116 valence electrons. The third-order valence-electron chi connectivity index (χ3n) is 6.29. The van der Waals surface area contributed by atoms with Gasteiger partial charge in [0.2, 0.25) is 0 Å². The summed E-state index contributed by atoms with van der Waals surface area (Å²) in [5.41, 5.74) is 4.90. The molecule has 0 saturated heterocycles. The van der Waals surface area contributed by atoms with Crippen molar-refractivity contribution < 1.29 is 0 Å². The predicted molar refractivity (Wildman–Crippen MR) is 95.6 cm³/mol. The smallest absolute Gasteiger partial charge is 0.0125 e. The van der Waals surface area contributed by atoms with Gasteiger partial charge in [0.1, 0.15) is 0 Å². The van der Waals surface area contributed by atoms with Crippen LogP contribution in [0.3, 0.4) is 0 Å². The van der Waals surface area contributed by atoms with Gasteiger partial charge in [-0.1, -0.05) is 57.5 Å². The van der Waals surface area contributed by atoms with Crippen molar-refractivity contribution in [3.8, 4) is 0 Å². The molecule has 2 aromatic rings. The first-order valence-corrected chi connectivity index (χ1v) is 8.98. The average Bonchev–Trinajstić information content (AvgIpc) is 3.09. The molecule has 2 aromatic carbocycles. The van der Waals surface area contributed by atoms with E-state index in [4.69, 9.17) is 0 Å². The number of hydrogen-bond acceptors (Lipinski definition) is 0. The lowest BCUT2D eigenvalue weighted by Crippen LogP contribution is -2.16. The van der Waals surface area contributed by atoms with Gasteiger partial charge in [0.05, 0.1) is 0 Å². The summed E-state index contributed by atoms with van der Waals surface area (Å²) in [6.07, 6.45) is 5.86. The SMILES string of the molecule is Cc1c(C(C)(C)C)cc(C2CC3CCC2C3)c2ccccc12. The maximum Gasteiger partial charge on any atom is -0.0125 e. The van der Waals surface area contributed by atoms with Crippen LogP contribution >= 0.6 is 0 Å². The van der Waals surface area contributed by atoms with Gasteiger partial charge < -0.3 is 0 Å². The van der Waals surface area contributed by atoms with Crippen LogP contribution in [0.2, 0.25) is 0 Å². The molecule has 2 aliphatic carbocycles. The Kier molecular flexibility index (Phi) is 3.15. The lowest BCUT2D eigenvalue weighted by atomic mass is 9.76. The molecule has 4 rings (SSSR count). The van der Waals surface area contributed by atoms with E-state index in [2.05, 4.69) is 58.0 Å². The van der Waals surface area contributed by atoms with Gasteiger partial charge in [-0.2, -0.15) is 0 Å². The van der Waals surface area contributed by atoms with Crippen molar-refractivity contribution in [2.24, 2.45) is 11.8 Å². The Balaban J connectivity index is 1.95. The van der Waals surface area contributed by atoms with E-state index in [1.165, 1.54) is 42.0 Å². The molecule has 0 aromatic heterocycles. The predicted octanol–water partition coefficient (Wildman–Crippen LogP) is 6.35. The van der Waals surface area contributed by atoms with Crippen LogP contribution in [0.25, 0.3) is 10.8 Å². The zero-order valence-electron chi connectivity index (χ0n) is 14.4. The molecule has 22 heavy (non-hydrogen) atoms. The van der Waals surface area contributed by atoms with E-state index in [9.17, 15) is 0 Å². The second-order valence-corrected chi connectivity index (χ2v) is 8.72. The highest BCUT2D eigenvalue weighted by atomic mass is 14.5. The van der Waals surface area contributed by atoms with Crippen molar-refractivity contribution in [1.82, 2.24) is 0 Å². The number of fused-ring (bicyclic) bond motifs is 3. The van der Waals surface area contributed by atoms with E-state index in [0.29, 0.717) is 0 Å². The molecule has 0 aliphatic heterocycles. The fraction of sp³-hybridized carbons (Fsp3) is 0.545. The van der Waals surface area contributed by atoms with Crippen molar-refractivity contribution in [2.75, 3.05) is 0 Å². The molecular formula is C22H28. The Bertz CT molecular complexity index is 717. The van der Waals surface area contributed by atoms with Crippen LogP contribution in [0.4, 0.5) is 0 Å². The van der Waals surface area contributed by atoms with E-state index < -0.39 is 0 Å². The largest absolute Gasteiger partial charge is 0.0616 e. The molecule has 3 atom stereocenters. The summed E-state index contributed by atoms with van der Waals surface area (Å²) in [4.78, 5) is 0. The Morgan fingerprint density at radius 2 is 1.68 bits per heavy atom. The first-order chi connectivity index (χ1) is 10.4. The molecule has 0 spiro atoms. The van der Waals surface area contributed by atoms with Gasteiger partial charge >= 0.3 is 0 Å². The summed E-state index contributed by atoms with van der Waals surface area (Å²) in [6, 6.07) is 11.7. The average molecular weight is 292 g/mol. The Hall–Kier alpha value is -1.30. The molecular weight excluding hydrogens is 264 g/mol. The van der Waals surface area contributed by atoms with Crippen LogP contribution < -0.4 is 0 Å². The van der Waals surface area contributed by atoms with E-state index in [1.807, 2.05) is 0 Å². The first-order valence-electron chi connectivity index (χ1n) is 8.98. The number of benzene rings is 2. The fourth-order valence-electron chi connectivity index (χ4n) is 5.26. The summed E-state index contributed by atoms with van der Waals surface area (Å²) in [5.74, 6) is 2.77. The van der Waals surface area contributed by atoms with Crippen molar-refractivity contribution in [3.05, 3.63) is 47.0 Å². The molecule has 3 unspecified atom stereocenters. The molecule has 0 N–H and O–H groups in total. The minimum Gasteiger partial charge on any atom is -0.0616 e. The van der Waals surface area contributed by atoms with Crippen molar-refractivity contribution >= 4 is 10.8 Å². The highest BCUT2D eigenvalue weighted by Gasteiger charge is 2.41. The topological polar surface area (TPSA) is 0 Å². The van der Waals surface area contributed by atoms with Gasteiger partial charge in [0.15, 0.2) is 0 Å². The van der Waals surface area contributed by atoms with E-state index in [1.54, 1.807) is 11.1 Å². The number of hydrogen-bond donors (Lipinski definition) is 0. The van der Waals surface area contributed by atoms with Crippen LogP contribution in [0.1, 0.15) is 69.1 Å². The van der Waals surface area contributed by atoms with Gasteiger partial charge in [-0.05, 0) is 76.8 Å². The highest BCUT2D eigenvalue weighted by Crippen LogP contribution is 2.54. The Morgan fingerprint density at radius 1 is 0.955 bits per heavy atom. The number of rotatable bonds is 1. The van der Waals surface area contributed by atoms with Gasteiger partial charge in [-0.15, -0.1) is 0 Å². The van der Waals surface area contributed by atoms with E-state index in [0.717, 1.165) is 17.8 Å². The summed E-state index contributed by atoms with van der Waals surface area (Å²) in [5, 5.41) is 3.00. The summed E-state index contributed by atoms with van der Waals surface area (Å²) in [6.45, 7) is 9.38. The Labute approximate surface area is 134 Å². The maximum absolute atomic E-state index is 2.57. The minimum absolute atomic E-state index is 0.223. The Morgan fingerprint density at radius 3 is 2.27 bits per heavy atom. The highest BCUT2D eigenvalue weighted by molar-refractivity contribution is 5.90. The summed E-state index contributed by atoms with van der Waals surface area (Å²) < 4.78 is 0. The van der Waals surface area contributed by atoms with Crippen molar-refractivity contribution in [3.63, 3.8) is 0 Å². The van der Waals surface area contributed by atoms with Crippen LogP contribution in [0, 0.1) is 18.8 Å². The van der Waals surface area contributed by atoms with Crippen molar-refractivity contribution in [1.29, 1.82) is 0 Å². The first kappa shape index (κ1) is 14.3. The molecule has 0 amide bonds. The van der Waals surface area contributed by atoms with Gasteiger partial charge in [-0.25, -0.2) is 0 Å². The molecule has 2 bridgehead atoms. The van der Waals surface area contributed by atoms with E-state index in [-0.39, 0.29) is 5.41 Å². The molecule has 0 nitrogen and oxygen atoms in total. The third kappa shape index (κ3) is 2.11. The van der Waals surface area contributed by atoms with Gasteiger partial charge in [-0.3, -0.25) is 0 Å². The zero-order chi connectivity index (χ0) is 15.5. The second kappa shape index (κ2) is 4.85. The minimum atomic E-state index is 0.223. The third-order valence-corrected chi connectivity index (χ3v) is 6.29. The van der Waals surface area contributed by atoms with Gasteiger partial charge in [0.25, 0.3) is 0 Å². The molecule has 0 radical (unpaired) electrons. The lowest BCUT2D eigenvalue weighted by molar-refractivity contribution is 0.421. The van der Waals surface area contributed by atoms with Crippen LogP contribution in [0.5, 0.6) is 0 Å². The second-order valence-electron chi connectivity index (χ2n) is 8.72. The standard InChI is InChI=1S/C22H28/c1-14-17-7-5-6-8-18(17)20(13-21(14)22(2,3)4)19-12-15-9-10-16(19)11-15/h5-8,13,15-16,19H,9-12H2,1-4H3. The van der Waals surface area contributed by atoms with Crippen molar-refractivity contribution in [2.45, 2.75) is 64.7 Å². The molecule has 2 fully saturated rings. The quantitative estimate of drug-likeness (QED) is 0.574. The summed E-state index contributed by atoms with van der Waals surface area (Å²) in [7, 11) is 0. The molecule has 2 aliphatic rings. The van der Waals surface area contributed by atoms with Gasteiger partial charge in [0, 0.05) is 0 Å². The lowest BCUT2D eigenvalue weighted by Gasteiger charge is -2.29. The van der Waals surface area contributed by atoms with Crippen LogP contribution in [-0.4, -0.2) is 0 Å². The maximum atomic E-state index is 2.57. The van der Waals surface area contributed by atoms with Crippen LogP contribution in [-0.2, 0) is 5.41 Å². The molecule has 0 heteroatoms. The molecule has 2 saturated carbocycles. The zero-order valence-corrected chi connectivity index (χ0v) is 14.4. The van der Waals surface area contributed by atoms with E-state index >= 15 is 0 Å². The number of aryl methyl sites for hydroxylation is 1. The normalized spacial score (nSPS) is 27.7. The van der Waals surface area contributed by atoms with Crippen LogP contribution in [0.15, 0.2) is 30.3 Å². The summed E-state index contributed by atoms with van der Waals surface area (Å²) >= 11 is 0. The monoisotopic (exact) mass is 292 g/mol. The molecule has 0 heterocycles. The fourth-order valence-corrected chi connectivity index (χ4v) is 5.26.